The third-order valence-corrected chi connectivity index (χ3v) is 3.19. The smallest absolute Gasteiger partial charge is 0.227 e. The highest BCUT2D eigenvalue weighted by Gasteiger charge is 2.32. The molecule has 2 N–H and O–H groups in total. The van der Waals surface area contributed by atoms with Gasteiger partial charge in [-0.25, -0.2) is 0 Å². The molecule has 1 aliphatic rings. The molecule has 0 saturated carbocycles. The fraction of sp³-hybridized carbons (Fsp3) is 0.538. The topological polar surface area (TPSA) is 63.2 Å². The average Bonchev–Trinajstić information content (AvgIpc) is 2.88. The molecular weight excluding hydrogens is 230 g/mol. The predicted octanol–water partition coefficient (Wildman–Crippen LogP) is -0.0253. The Labute approximate surface area is 107 Å². The summed E-state index contributed by atoms with van der Waals surface area (Å²) >= 11 is 0. The molecule has 0 aliphatic carbocycles. The van der Waals surface area contributed by atoms with Crippen LogP contribution >= 0.6 is 0 Å². The van der Waals surface area contributed by atoms with Gasteiger partial charge in [0.05, 0.1) is 19.1 Å². The number of nitrogens with zero attached hydrogens (tertiary/aromatic N) is 1. The van der Waals surface area contributed by atoms with Crippen LogP contribution in [0.1, 0.15) is 5.69 Å². The molecule has 1 aromatic heterocycles. The normalized spacial score (nSPS) is 22.9. The van der Waals surface area contributed by atoms with Gasteiger partial charge in [0.2, 0.25) is 5.91 Å². The number of pyridine rings is 1. The predicted molar refractivity (Wildman–Crippen MR) is 68.1 cm³/mol. The standard InChI is InChI=1S/C13H19N3O2/c1-14-12-9-18-8-11(12)13(17)16-7-5-10-4-2-3-6-15-10/h2-4,6,11-12,14H,5,7-9H2,1H3,(H,16,17). The maximum Gasteiger partial charge on any atom is 0.227 e. The highest BCUT2D eigenvalue weighted by molar-refractivity contribution is 5.79. The van der Waals surface area contributed by atoms with Crippen LogP contribution in [0.4, 0.5) is 0 Å². The Bertz CT molecular complexity index is 383. The first-order valence-corrected chi connectivity index (χ1v) is 6.24. The van der Waals surface area contributed by atoms with E-state index in [-0.39, 0.29) is 17.9 Å². The van der Waals surface area contributed by atoms with Crippen molar-refractivity contribution in [3.05, 3.63) is 30.1 Å². The molecule has 18 heavy (non-hydrogen) atoms. The molecule has 2 unspecified atom stereocenters. The summed E-state index contributed by atoms with van der Waals surface area (Å²) in [6.45, 7) is 1.72. The van der Waals surface area contributed by atoms with Crippen LogP contribution in [-0.2, 0) is 16.0 Å². The molecule has 1 amide bonds. The lowest BCUT2D eigenvalue weighted by atomic mass is 10.0. The molecule has 1 aliphatic heterocycles. The second-order valence-corrected chi connectivity index (χ2v) is 4.40. The molecule has 2 rings (SSSR count). The molecule has 5 nitrogen and oxygen atoms in total. The number of aromatic nitrogens is 1. The van der Waals surface area contributed by atoms with E-state index in [1.807, 2.05) is 25.2 Å². The van der Waals surface area contributed by atoms with E-state index in [1.165, 1.54) is 0 Å². The number of carbonyl (C=O) groups excluding carboxylic acids is 1. The van der Waals surface area contributed by atoms with Crippen molar-refractivity contribution >= 4 is 5.91 Å². The Morgan fingerprint density at radius 3 is 3.11 bits per heavy atom. The van der Waals surface area contributed by atoms with Crippen molar-refractivity contribution in [2.24, 2.45) is 5.92 Å². The van der Waals surface area contributed by atoms with Gasteiger partial charge in [-0.3, -0.25) is 9.78 Å². The zero-order chi connectivity index (χ0) is 12.8. The van der Waals surface area contributed by atoms with Crippen LogP contribution in [0.2, 0.25) is 0 Å². The summed E-state index contributed by atoms with van der Waals surface area (Å²) in [4.78, 5) is 16.2. The fourth-order valence-corrected chi connectivity index (χ4v) is 2.09. The summed E-state index contributed by atoms with van der Waals surface area (Å²) in [6, 6.07) is 5.92. The van der Waals surface area contributed by atoms with Gasteiger partial charge < -0.3 is 15.4 Å². The molecule has 0 spiro atoms. The van der Waals surface area contributed by atoms with Crippen molar-refractivity contribution in [3.63, 3.8) is 0 Å². The van der Waals surface area contributed by atoms with Crippen LogP contribution in [0.25, 0.3) is 0 Å². The van der Waals surface area contributed by atoms with Crippen molar-refractivity contribution in [1.82, 2.24) is 15.6 Å². The Hall–Kier alpha value is -1.46. The van der Waals surface area contributed by atoms with E-state index >= 15 is 0 Å². The third-order valence-electron chi connectivity index (χ3n) is 3.19. The second-order valence-electron chi connectivity index (χ2n) is 4.40. The second kappa shape index (κ2) is 6.47. The summed E-state index contributed by atoms with van der Waals surface area (Å²) in [5, 5.41) is 6.04. The quantitative estimate of drug-likeness (QED) is 0.769. The summed E-state index contributed by atoms with van der Waals surface area (Å²) in [5.74, 6) is -0.0264. The van der Waals surface area contributed by atoms with Gasteiger partial charge in [-0.2, -0.15) is 0 Å². The van der Waals surface area contributed by atoms with Crippen molar-refractivity contribution in [3.8, 4) is 0 Å². The molecule has 2 atom stereocenters. The molecule has 0 radical (unpaired) electrons. The van der Waals surface area contributed by atoms with Crippen LogP contribution in [-0.4, -0.2) is 43.7 Å². The maximum atomic E-state index is 12.0. The molecular formula is C13H19N3O2. The number of nitrogens with one attached hydrogen (secondary N) is 2. The Balaban J connectivity index is 1.75. The number of rotatable bonds is 5. The molecule has 1 fully saturated rings. The number of ether oxygens (including phenoxy) is 1. The first kappa shape index (κ1) is 13.0. The molecule has 98 valence electrons. The van der Waals surface area contributed by atoms with Gasteiger partial charge in [-0.15, -0.1) is 0 Å². The zero-order valence-electron chi connectivity index (χ0n) is 10.6. The van der Waals surface area contributed by atoms with Crippen molar-refractivity contribution in [2.45, 2.75) is 12.5 Å². The number of hydrogen-bond acceptors (Lipinski definition) is 4. The maximum absolute atomic E-state index is 12.0. The first-order chi connectivity index (χ1) is 8.81. The minimum atomic E-state index is -0.0845. The lowest BCUT2D eigenvalue weighted by Crippen LogP contribution is -2.43. The SMILES string of the molecule is CNC1COCC1C(=O)NCCc1ccccn1. The lowest BCUT2D eigenvalue weighted by molar-refractivity contribution is -0.125. The van der Waals surface area contributed by atoms with Gasteiger partial charge in [0.15, 0.2) is 0 Å². The molecule has 5 heteroatoms. The monoisotopic (exact) mass is 249 g/mol. The highest BCUT2D eigenvalue weighted by Crippen LogP contribution is 2.13. The van der Waals surface area contributed by atoms with Crippen LogP contribution in [0, 0.1) is 5.92 Å². The number of hydrogen-bond donors (Lipinski definition) is 2. The van der Waals surface area contributed by atoms with Gasteiger partial charge in [0, 0.05) is 30.9 Å². The van der Waals surface area contributed by atoms with E-state index in [9.17, 15) is 4.79 Å². The van der Waals surface area contributed by atoms with Crippen LogP contribution in [0.5, 0.6) is 0 Å². The highest BCUT2D eigenvalue weighted by atomic mass is 16.5. The summed E-state index contributed by atoms with van der Waals surface area (Å²) in [5.41, 5.74) is 0.991. The van der Waals surface area contributed by atoms with E-state index in [0.29, 0.717) is 19.8 Å². The Kier molecular flexibility index (Phi) is 4.66. The molecule has 2 heterocycles. The fourth-order valence-electron chi connectivity index (χ4n) is 2.09. The number of carbonyl (C=O) groups is 1. The van der Waals surface area contributed by atoms with E-state index in [1.54, 1.807) is 6.20 Å². The van der Waals surface area contributed by atoms with E-state index < -0.39 is 0 Å². The van der Waals surface area contributed by atoms with Crippen molar-refractivity contribution in [1.29, 1.82) is 0 Å². The minimum absolute atomic E-state index is 0.0581. The van der Waals surface area contributed by atoms with Gasteiger partial charge in [0.1, 0.15) is 0 Å². The third kappa shape index (κ3) is 3.27. The van der Waals surface area contributed by atoms with E-state index in [4.69, 9.17) is 4.74 Å². The largest absolute Gasteiger partial charge is 0.379 e. The van der Waals surface area contributed by atoms with Gasteiger partial charge >= 0.3 is 0 Å². The average molecular weight is 249 g/mol. The molecule has 0 bridgehead atoms. The minimum Gasteiger partial charge on any atom is -0.379 e. The van der Waals surface area contributed by atoms with Gasteiger partial charge in [-0.1, -0.05) is 6.07 Å². The lowest BCUT2D eigenvalue weighted by Gasteiger charge is -2.16. The number of likely N-dealkylation sites (N-methyl/N-ethyl adjacent to an activating group) is 1. The van der Waals surface area contributed by atoms with Crippen molar-refractivity contribution < 1.29 is 9.53 Å². The van der Waals surface area contributed by atoms with Gasteiger partial charge in [-0.05, 0) is 19.2 Å². The zero-order valence-corrected chi connectivity index (χ0v) is 10.6. The summed E-state index contributed by atoms with van der Waals surface area (Å²) in [6.07, 6.45) is 2.52. The summed E-state index contributed by atoms with van der Waals surface area (Å²) in [7, 11) is 1.85. The van der Waals surface area contributed by atoms with Crippen LogP contribution < -0.4 is 10.6 Å². The van der Waals surface area contributed by atoms with E-state index in [0.717, 1.165) is 12.1 Å². The van der Waals surface area contributed by atoms with Crippen molar-refractivity contribution in [2.75, 3.05) is 26.8 Å². The first-order valence-electron chi connectivity index (χ1n) is 6.24. The summed E-state index contributed by atoms with van der Waals surface area (Å²) < 4.78 is 5.31. The van der Waals surface area contributed by atoms with Crippen LogP contribution in [0.15, 0.2) is 24.4 Å². The van der Waals surface area contributed by atoms with E-state index in [2.05, 4.69) is 15.6 Å². The van der Waals surface area contributed by atoms with Gasteiger partial charge in [0.25, 0.3) is 0 Å². The molecule has 1 aromatic rings. The Morgan fingerprint density at radius 1 is 1.50 bits per heavy atom. The Morgan fingerprint density at radius 2 is 2.39 bits per heavy atom. The number of amides is 1. The molecule has 1 saturated heterocycles. The molecule has 0 aromatic carbocycles. The van der Waals surface area contributed by atoms with Crippen LogP contribution in [0.3, 0.4) is 0 Å².